The molecular weight excluding hydrogens is 174 g/mol. The molecular formula is C12H25NO. The van der Waals surface area contributed by atoms with Crippen LogP contribution in [-0.4, -0.2) is 23.8 Å². The second-order valence-corrected chi connectivity index (χ2v) is 4.76. The summed E-state index contributed by atoms with van der Waals surface area (Å²) >= 11 is 0. The highest BCUT2D eigenvalue weighted by Crippen LogP contribution is 2.18. The molecule has 0 bridgehead atoms. The van der Waals surface area contributed by atoms with E-state index >= 15 is 0 Å². The highest BCUT2D eigenvalue weighted by molar-refractivity contribution is 4.80. The Morgan fingerprint density at radius 2 is 2.07 bits per heavy atom. The summed E-state index contributed by atoms with van der Waals surface area (Å²) in [5.74, 6) is 0.745. The molecule has 0 amide bonds. The summed E-state index contributed by atoms with van der Waals surface area (Å²) in [5, 5.41) is 13.3. The van der Waals surface area contributed by atoms with Crippen LogP contribution >= 0.6 is 0 Å². The van der Waals surface area contributed by atoms with E-state index in [2.05, 4.69) is 19.2 Å². The van der Waals surface area contributed by atoms with Crippen molar-refractivity contribution in [3.05, 3.63) is 0 Å². The van der Waals surface area contributed by atoms with Gasteiger partial charge in [-0.25, -0.2) is 0 Å². The predicted molar refractivity (Wildman–Crippen MR) is 60.3 cm³/mol. The largest absolute Gasteiger partial charge is 0.392 e. The Morgan fingerprint density at radius 1 is 1.36 bits per heavy atom. The van der Waals surface area contributed by atoms with E-state index in [1.807, 2.05) is 0 Å². The summed E-state index contributed by atoms with van der Waals surface area (Å²) in [7, 11) is 0. The fraction of sp³-hybridized carbons (Fsp3) is 1.00. The molecule has 1 aliphatic rings. The minimum absolute atomic E-state index is 0.0995. The molecule has 0 spiro atoms. The lowest BCUT2D eigenvalue weighted by Gasteiger charge is -2.29. The molecule has 2 nitrogen and oxygen atoms in total. The van der Waals surface area contributed by atoms with Gasteiger partial charge >= 0.3 is 0 Å². The van der Waals surface area contributed by atoms with Crippen molar-refractivity contribution in [3.8, 4) is 0 Å². The van der Waals surface area contributed by atoms with Crippen LogP contribution in [0.15, 0.2) is 0 Å². The predicted octanol–water partition coefficient (Wildman–Crippen LogP) is 2.32. The molecule has 0 aromatic rings. The fourth-order valence-electron chi connectivity index (χ4n) is 2.30. The molecule has 0 unspecified atom stereocenters. The molecule has 3 atom stereocenters. The first-order valence-electron chi connectivity index (χ1n) is 6.15. The van der Waals surface area contributed by atoms with E-state index in [0.717, 1.165) is 25.3 Å². The van der Waals surface area contributed by atoms with Crippen LogP contribution < -0.4 is 5.32 Å². The number of hydrogen-bond donors (Lipinski definition) is 2. The van der Waals surface area contributed by atoms with Crippen LogP contribution in [0.3, 0.4) is 0 Å². The lowest BCUT2D eigenvalue weighted by molar-refractivity contribution is 0.0890. The van der Waals surface area contributed by atoms with Gasteiger partial charge in [0, 0.05) is 6.04 Å². The Kier molecular flexibility index (Phi) is 5.49. The summed E-state index contributed by atoms with van der Waals surface area (Å²) in [6, 6.07) is 0.364. The first-order valence-corrected chi connectivity index (χ1v) is 6.15. The lowest BCUT2D eigenvalue weighted by Crippen LogP contribution is -2.43. The molecule has 0 saturated heterocycles. The number of hydrogen-bond acceptors (Lipinski definition) is 2. The number of nitrogens with one attached hydrogen (secondary N) is 1. The fourth-order valence-corrected chi connectivity index (χ4v) is 2.30. The number of aliphatic hydroxyl groups is 1. The lowest BCUT2D eigenvalue weighted by atomic mass is 9.92. The third-order valence-electron chi connectivity index (χ3n) is 3.24. The normalized spacial score (nSPS) is 30.2. The molecule has 0 aromatic heterocycles. The zero-order valence-corrected chi connectivity index (χ0v) is 9.63. The molecule has 0 radical (unpaired) electrons. The Balaban J connectivity index is 2.15. The smallest absolute Gasteiger partial charge is 0.0693 e. The van der Waals surface area contributed by atoms with Gasteiger partial charge in [0.2, 0.25) is 0 Å². The summed E-state index contributed by atoms with van der Waals surface area (Å²) in [4.78, 5) is 0. The van der Waals surface area contributed by atoms with Gasteiger partial charge in [-0.15, -0.1) is 0 Å². The summed E-state index contributed by atoms with van der Waals surface area (Å²) in [5.41, 5.74) is 0. The summed E-state index contributed by atoms with van der Waals surface area (Å²) in [6.45, 7) is 5.58. The standard InChI is InChI=1S/C12H25NO/c1-3-6-10(2)9-13-11-7-4-5-8-12(11)14/h10-14H,3-9H2,1-2H3/t10-,11+,12+/m1/s1. The van der Waals surface area contributed by atoms with E-state index in [0.29, 0.717) is 6.04 Å². The Hall–Kier alpha value is -0.0800. The first-order chi connectivity index (χ1) is 6.74. The van der Waals surface area contributed by atoms with Crippen LogP contribution in [0, 0.1) is 5.92 Å². The van der Waals surface area contributed by atoms with E-state index in [-0.39, 0.29) is 6.10 Å². The van der Waals surface area contributed by atoms with Crippen LogP contribution in [0.5, 0.6) is 0 Å². The summed E-state index contributed by atoms with van der Waals surface area (Å²) < 4.78 is 0. The molecule has 2 N–H and O–H groups in total. The van der Waals surface area contributed by atoms with Crippen molar-refractivity contribution in [2.75, 3.05) is 6.54 Å². The molecule has 0 heterocycles. The van der Waals surface area contributed by atoms with Crippen LogP contribution in [0.25, 0.3) is 0 Å². The van der Waals surface area contributed by atoms with Crippen molar-refractivity contribution in [3.63, 3.8) is 0 Å². The third kappa shape index (κ3) is 3.97. The van der Waals surface area contributed by atoms with Crippen molar-refractivity contribution >= 4 is 0 Å². The van der Waals surface area contributed by atoms with E-state index in [9.17, 15) is 5.11 Å². The van der Waals surface area contributed by atoms with Crippen molar-refractivity contribution in [2.45, 2.75) is 64.5 Å². The average molecular weight is 199 g/mol. The van der Waals surface area contributed by atoms with E-state index in [1.54, 1.807) is 0 Å². The maximum absolute atomic E-state index is 9.75. The van der Waals surface area contributed by atoms with Gasteiger partial charge in [0.15, 0.2) is 0 Å². The quantitative estimate of drug-likeness (QED) is 0.712. The zero-order valence-electron chi connectivity index (χ0n) is 9.63. The molecule has 1 rings (SSSR count). The van der Waals surface area contributed by atoms with E-state index in [1.165, 1.54) is 25.7 Å². The van der Waals surface area contributed by atoms with Gasteiger partial charge in [0.25, 0.3) is 0 Å². The van der Waals surface area contributed by atoms with Crippen LogP contribution in [0.4, 0.5) is 0 Å². The van der Waals surface area contributed by atoms with Crippen molar-refractivity contribution < 1.29 is 5.11 Å². The molecule has 14 heavy (non-hydrogen) atoms. The van der Waals surface area contributed by atoms with Gasteiger partial charge in [-0.05, 0) is 31.7 Å². The number of rotatable bonds is 5. The third-order valence-corrected chi connectivity index (χ3v) is 3.24. The Labute approximate surface area is 88.1 Å². The summed E-state index contributed by atoms with van der Waals surface area (Å²) in [6.07, 6.45) is 7.06. The average Bonchev–Trinajstić information content (AvgIpc) is 2.17. The SMILES string of the molecule is CCC[C@@H](C)CN[C@H]1CCCC[C@@H]1O. The second kappa shape index (κ2) is 6.41. The monoisotopic (exact) mass is 199 g/mol. The maximum Gasteiger partial charge on any atom is 0.0693 e. The zero-order chi connectivity index (χ0) is 10.4. The Morgan fingerprint density at radius 3 is 2.71 bits per heavy atom. The van der Waals surface area contributed by atoms with Gasteiger partial charge < -0.3 is 10.4 Å². The van der Waals surface area contributed by atoms with Gasteiger partial charge in [-0.1, -0.05) is 33.1 Å². The van der Waals surface area contributed by atoms with Crippen LogP contribution in [0.1, 0.15) is 52.4 Å². The first kappa shape index (κ1) is 12.0. The van der Waals surface area contributed by atoms with E-state index in [4.69, 9.17) is 0 Å². The van der Waals surface area contributed by atoms with E-state index < -0.39 is 0 Å². The molecule has 0 aliphatic heterocycles. The number of aliphatic hydroxyl groups excluding tert-OH is 1. The van der Waals surface area contributed by atoms with Crippen molar-refractivity contribution in [1.29, 1.82) is 0 Å². The molecule has 84 valence electrons. The minimum atomic E-state index is -0.0995. The van der Waals surface area contributed by atoms with Gasteiger partial charge in [0.1, 0.15) is 0 Å². The highest BCUT2D eigenvalue weighted by Gasteiger charge is 2.22. The minimum Gasteiger partial charge on any atom is -0.392 e. The second-order valence-electron chi connectivity index (χ2n) is 4.76. The Bertz CT molecular complexity index is 149. The molecule has 1 aliphatic carbocycles. The molecule has 1 saturated carbocycles. The van der Waals surface area contributed by atoms with Gasteiger partial charge in [-0.2, -0.15) is 0 Å². The van der Waals surface area contributed by atoms with Crippen molar-refractivity contribution in [1.82, 2.24) is 5.32 Å². The molecule has 1 fully saturated rings. The van der Waals surface area contributed by atoms with Crippen LogP contribution in [-0.2, 0) is 0 Å². The van der Waals surface area contributed by atoms with Crippen molar-refractivity contribution in [2.24, 2.45) is 5.92 Å². The van der Waals surface area contributed by atoms with Gasteiger partial charge in [-0.3, -0.25) is 0 Å². The molecule has 2 heteroatoms. The topological polar surface area (TPSA) is 32.3 Å². The molecule has 0 aromatic carbocycles. The van der Waals surface area contributed by atoms with Gasteiger partial charge in [0.05, 0.1) is 6.10 Å². The van der Waals surface area contributed by atoms with Crippen LogP contribution in [0.2, 0.25) is 0 Å². The highest BCUT2D eigenvalue weighted by atomic mass is 16.3. The maximum atomic E-state index is 9.75.